The normalized spacial score (nSPS) is 14.9. The van der Waals surface area contributed by atoms with Crippen molar-refractivity contribution in [2.75, 3.05) is 5.32 Å². The largest absolute Gasteiger partial charge is 0.317 e. The number of hydrogen-bond donors (Lipinski definition) is 1. The number of nitrogens with one attached hydrogen (secondary N) is 1. The van der Waals surface area contributed by atoms with Gasteiger partial charge in [-0.3, -0.25) is 9.59 Å². The van der Waals surface area contributed by atoms with Crippen LogP contribution in [0.3, 0.4) is 0 Å². The summed E-state index contributed by atoms with van der Waals surface area (Å²) in [5, 5.41) is 3.74. The van der Waals surface area contributed by atoms with Gasteiger partial charge < -0.3 is 5.32 Å². The number of ketones is 1. The zero-order valence-corrected chi connectivity index (χ0v) is 14.3. The van der Waals surface area contributed by atoms with Crippen LogP contribution in [-0.2, 0) is 17.6 Å². The molecule has 0 aliphatic heterocycles. The molecule has 0 saturated carbocycles. The Morgan fingerprint density at radius 2 is 1.83 bits per heavy atom. The van der Waals surface area contributed by atoms with E-state index in [1.165, 1.54) is 11.3 Å². The number of carbonyl (C=O) groups excluding carboxylic acids is 2. The summed E-state index contributed by atoms with van der Waals surface area (Å²) in [6.45, 7) is 3.48. The van der Waals surface area contributed by atoms with Crippen LogP contribution in [0.2, 0.25) is 0 Å². The highest BCUT2D eigenvalue weighted by Gasteiger charge is 2.25. The number of anilines is 1. The highest BCUT2D eigenvalue weighted by molar-refractivity contribution is 7.17. The van der Waals surface area contributed by atoms with E-state index in [9.17, 15) is 9.59 Å². The lowest BCUT2D eigenvalue weighted by Gasteiger charge is -2.13. The average molecular weight is 327 g/mol. The van der Waals surface area contributed by atoms with Crippen LogP contribution >= 0.6 is 11.3 Å². The fraction of sp³-hybridized carbons (Fsp3) is 0.368. The zero-order chi connectivity index (χ0) is 16.4. The van der Waals surface area contributed by atoms with Gasteiger partial charge in [-0.1, -0.05) is 30.3 Å². The maximum absolute atomic E-state index is 12.6. The summed E-state index contributed by atoms with van der Waals surface area (Å²) in [5.74, 6) is -0.250. The van der Waals surface area contributed by atoms with Crippen LogP contribution in [0.25, 0.3) is 0 Å². The van der Waals surface area contributed by atoms with Crippen LogP contribution in [0.4, 0.5) is 5.00 Å². The SMILES string of the molecule is CC(=O)c1c(NC(=O)C(C)c2ccccc2)sc2c1CCCC2. The van der Waals surface area contributed by atoms with Crippen molar-refractivity contribution in [2.45, 2.75) is 45.4 Å². The Balaban J connectivity index is 1.86. The second kappa shape index (κ2) is 6.67. The van der Waals surface area contributed by atoms with E-state index in [-0.39, 0.29) is 17.6 Å². The number of fused-ring (bicyclic) bond motifs is 1. The van der Waals surface area contributed by atoms with Crippen LogP contribution in [0.15, 0.2) is 30.3 Å². The van der Waals surface area contributed by atoms with E-state index < -0.39 is 0 Å². The molecule has 1 atom stereocenters. The first-order valence-electron chi connectivity index (χ1n) is 8.09. The minimum Gasteiger partial charge on any atom is -0.317 e. The number of thiophene rings is 1. The Bertz CT molecular complexity index is 733. The second-order valence-electron chi connectivity index (χ2n) is 6.09. The molecule has 2 aromatic rings. The monoisotopic (exact) mass is 327 g/mol. The third-order valence-corrected chi connectivity index (χ3v) is 5.66. The van der Waals surface area contributed by atoms with Gasteiger partial charge in [0, 0.05) is 4.88 Å². The molecule has 1 heterocycles. The molecule has 0 saturated heterocycles. The lowest BCUT2D eigenvalue weighted by Crippen LogP contribution is -2.19. The van der Waals surface area contributed by atoms with Crippen molar-refractivity contribution < 1.29 is 9.59 Å². The van der Waals surface area contributed by atoms with Crippen LogP contribution in [0.5, 0.6) is 0 Å². The van der Waals surface area contributed by atoms with Gasteiger partial charge in [0.2, 0.25) is 5.91 Å². The summed E-state index contributed by atoms with van der Waals surface area (Å²) in [6, 6.07) is 9.72. The molecule has 1 unspecified atom stereocenters. The molecule has 4 heteroatoms. The molecular weight excluding hydrogens is 306 g/mol. The predicted molar refractivity (Wildman–Crippen MR) is 94.5 cm³/mol. The fourth-order valence-electron chi connectivity index (χ4n) is 3.14. The number of amides is 1. The van der Waals surface area contributed by atoms with Gasteiger partial charge in [-0.15, -0.1) is 11.3 Å². The molecule has 1 aromatic carbocycles. The summed E-state index contributed by atoms with van der Waals surface area (Å²) in [5.41, 5.74) is 2.88. The quantitative estimate of drug-likeness (QED) is 0.836. The molecular formula is C19H21NO2S. The van der Waals surface area contributed by atoms with E-state index in [1.54, 1.807) is 18.3 Å². The molecule has 0 fully saturated rings. The van der Waals surface area contributed by atoms with E-state index in [0.717, 1.165) is 41.0 Å². The molecule has 1 aliphatic carbocycles. The van der Waals surface area contributed by atoms with Gasteiger partial charge in [-0.25, -0.2) is 0 Å². The molecule has 3 nitrogen and oxygen atoms in total. The first-order chi connectivity index (χ1) is 11.1. The summed E-state index contributed by atoms with van der Waals surface area (Å²) >= 11 is 1.58. The third kappa shape index (κ3) is 3.22. The van der Waals surface area contributed by atoms with Gasteiger partial charge in [0.25, 0.3) is 0 Å². The standard InChI is InChI=1S/C19H21NO2S/c1-12(14-8-4-3-5-9-14)18(22)20-19-17(13(2)21)15-10-6-7-11-16(15)23-19/h3-5,8-9,12H,6-7,10-11H2,1-2H3,(H,20,22). The Morgan fingerprint density at radius 1 is 1.13 bits per heavy atom. The number of aryl methyl sites for hydroxylation is 1. The molecule has 120 valence electrons. The van der Waals surface area contributed by atoms with Gasteiger partial charge in [-0.2, -0.15) is 0 Å². The Labute approximate surface area is 140 Å². The second-order valence-corrected chi connectivity index (χ2v) is 7.20. The molecule has 23 heavy (non-hydrogen) atoms. The molecule has 1 aromatic heterocycles. The summed E-state index contributed by atoms with van der Waals surface area (Å²) in [6.07, 6.45) is 4.26. The molecule has 0 bridgehead atoms. The predicted octanol–water partition coefficient (Wildman–Crippen LogP) is 4.57. The van der Waals surface area contributed by atoms with Gasteiger partial charge in [0.15, 0.2) is 5.78 Å². The van der Waals surface area contributed by atoms with Gasteiger partial charge in [0.05, 0.1) is 11.5 Å². The van der Waals surface area contributed by atoms with E-state index in [4.69, 9.17) is 0 Å². The Kier molecular flexibility index (Phi) is 4.62. The van der Waals surface area contributed by atoms with Gasteiger partial charge >= 0.3 is 0 Å². The van der Waals surface area contributed by atoms with Crippen molar-refractivity contribution >= 4 is 28.0 Å². The minimum absolute atomic E-state index is 0.0482. The van der Waals surface area contributed by atoms with Crippen LogP contribution in [0.1, 0.15) is 59.0 Å². The van der Waals surface area contributed by atoms with E-state index >= 15 is 0 Å². The Morgan fingerprint density at radius 3 is 2.52 bits per heavy atom. The van der Waals surface area contributed by atoms with E-state index in [2.05, 4.69) is 5.32 Å². The molecule has 0 spiro atoms. The van der Waals surface area contributed by atoms with Crippen molar-refractivity contribution in [1.82, 2.24) is 0 Å². The minimum atomic E-state index is -0.241. The van der Waals surface area contributed by atoms with Crippen LogP contribution < -0.4 is 5.32 Å². The lowest BCUT2D eigenvalue weighted by molar-refractivity contribution is -0.117. The topological polar surface area (TPSA) is 46.2 Å². The molecule has 1 amide bonds. The Hall–Kier alpha value is -1.94. The van der Waals surface area contributed by atoms with Crippen molar-refractivity contribution in [1.29, 1.82) is 0 Å². The zero-order valence-electron chi connectivity index (χ0n) is 13.5. The summed E-state index contributed by atoms with van der Waals surface area (Å²) in [7, 11) is 0. The highest BCUT2D eigenvalue weighted by atomic mass is 32.1. The maximum Gasteiger partial charge on any atom is 0.232 e. The number of Topliss-reactive ketones (excluding diaryl/α,β-unsaturated/α-hetero) is 1. The summed E-state index contributed by atoms with van der Waals surface area (Å²) in [4.78, 5) is 25.9. The van der Waals surface area contributed by atoms with Crippen molar-refractivity contribution in [3.05, 3.63) is 51.9 Å². The highest BCUT2D eigenvalue weighted by Crippen LogP contribution is 2.38. The average Bonchev–Trinajstić information content (AvgIpc) is 2.92. The maximum atomic E-state index is 12.6. The number of hydrogen-bond acceptors (Lipinski definition) is 3. The fourth-order valence-corrected chi connectivity index (χ4v) is 4.48. The van der Waals surface area contributed by atoms with Crippen molar-refractivity contribution in [3.63, 3.8) is 0 Å². The van der Waals surface area contributed by atoms with Gasteiger partial charge in [-0.05, 0) is 50.7 Å². The number of carbonyl (C=O) groups is 2. The molecule has 1 N–H and O–H groups in total. The lowest BCUT2D eigenvalue weighted by atomic mass is 9.94. The molecule has 3 rings (SSSR count). The number of rotatable bonds is 4. The van der Waals surface area contributed by atoms with E-state index in [0.29, 0.717) is 0 Å². The van der Waals surface area contributed by atoms with Crippen molar-refractivity contribution in [2.24, 2.45) is 0 Å². The smallest absolute Gasteiger partial charge is 0.232 e. The number of benzene rings is 1. The van der Waals surface area contributed by atoms with Crippen LogP contribution in [-0.4, -0.2) is 11.7 Å². The summed E-state index contributed by atoms with van der Waals surface area (Å²) < 4.78 is 0. The van der Waals surface area contributed by atoms with E-state index in [1.807, 2.05) is 37.3 Å². The first-order valence-corrected chi connectivity index (χ1v) is 8.91. The third-order valence-electron chi connectivity index (χ3n) is 4.45. The van der Waals surface area contributed by atoms with Gasteiger partial charge in [0.1, 0.15) is 5.00 Å². The molecule has 1 aliphatic rings. The molecule has 0 radical (unpaired) electrons. The van der Waals surface area contributed by atoms with Crippen LogP contribution in [0, 0.1) is 0 Å². The first kappa shape index (κ1) is 15.9. The van der Waals surface area contributed by atoms with Crippen molar-refractivity contribution in [3.8, 4) is 0 Å².